The highest BCUT2D eigenvalue weighted by Crippen LogP contribution is 2.43. The average molecular weight is 255 g/mol. The summed E-state index contributed by atoms with van der Waals surface area (Å²) in [4.78, 5) is 0. The SMILES string of the molecule is CNC(c1cccc(Br)c1)C1(N)CC1. The lowest BCUT2D eigenvalue weighted by Gasteiger charge is -2.23. The third kappa shape index (κ3) is 1.85. The number of hydrogen-bond acceptors (Lipinski definition) is 2. The first-order valence-electron chi connectivity index (χ1n) is 4.87. The number of nitrogens with one attached hydrogen (secondary N) is 1. The molecule has 2 nitrogen and oxygen atoms in total. The van der Waals surface area contributed by atoms with Crippen LogP contribution in [0, 0.1) is 0 Å². The zero-order valence-corrected chi connectivity index (χ0v) is 9.84. The maximum atomic E-state index is 6.21. The molecule has 0 amide bonds. The Morgan fingerprint density at radius 3 is 2.71 bits per heavy atom. The molecule has 1 atom stereocenters. The number of nitrogens with two attached hydrogens (primary N) is 1. The number of likely N-dealkylation sites (N-methyl/N-ethyl adjacent to an activating group) is 1. The molecule has 76 valence electrons. The maximum Gasteiger partial charge on any atom is 0.0500 e. The highest BCUT2D eigenvalue weighted by Gasteiger charge is 2.45. The summed E-state index contributed by atoms with van der Waals surface area (Å²) in [5.74, 6) is 0. The summed E-state index contributed by atoms with van der Waals surface area (Å²) in [6.07, 6.45) is 2.23. The van der Waals surface area contributed by atoms with Crippen LogP contribution in [0.4, 0.5) is 0 Å². The van der Waals surface area contributed by atoms with E-state index in [9.17, 15) is 0 Å². The van der Waals surface area contributed by atoms with Crippen LogP contribution in [0.3, 0.4) is 0 Å². The van der Waals surface area contributed by atoms with E-state index >= 15 is 0 Å². The molecule has 0 spiro atoms. The molecule has 1 saturated carbocycles. The molecular weight excluding hydrogens is 240 g/mol. The van der Waals surface area contributed by atoms with E-state index in [1.54, 1.807) is 0 Å². The molecule has 1 aromatic rings. The molecule has 0 saturated heterocycles. The van der Waals surface area contributed by atoms with E-state index in [-0.39, 0.29) is 11.6 Å². The Hall–Kier alpha value is -0.380. The quantitative estimate of drug-likeness (QED) is 0.868. The lowest BCUT2D eigenvalue weighted by Crippen LogP contribution is -2.38. The molecule has 0 bridgehead atoms. The van der Waals surface area contributed by atoms with E-state index in [1.165, 1.54) is 5.56 Å². The van der Waals surface area contributed by atoms with Gasteiger partial charge in [0.25, 0.3) is 0 Å². The molecule has 0 radical (unpaired) electrons. The van der Waals surface area contributed by atoms with Crippen molar-refractivity contribution in [2.24, 2.45) is 5.73 Å². The van der Waals surface area contributed by atoms with Crippen LogP contribution in [0.5, 0.6) is 0 Å². The van der Waals surface area contributed by atoms with Crippen LogP contribution in [-0.4, -0.2) is 12.6 Å². The molecule has 1 aliphatic carbocycles. The van der Waals surface area contributed by atoms with Gasteiger partial charge in [-0.1, -0.05) is 28.1 Å². The van der Waals surface area contributed by atoms with Crippen LogP contribution in [0.25, 0.3) is 0 Å². The Morgan fingerprint density at radius 2 is 2.21 bits per heavy atom. The van der Waals surface area contributed by atoms with Gasteiger partial charge in [-0.3, -0.25) is 0 Å². The Balaban J connectivity index is 2.27. The van der Waals surface area contributed by atoms with Crippen molar-refractivity contribution in [1.82, 2.24) is 5.32 Å². The Kier molecular flexibility index (Phi) is 2.64. The summed E-state index contributed by atoms with van der Waals surface area (Å²) in [6, 6.07) is 8.62. The van der Waals surface area contributed by atoms with Crippen molar-refractivity contribution in [3.63, 3.8) is 0 Å². The molecule has 2 rings (SSSR count). The van der Waals surface area contributed by atoms with Gasteiger partial charge in [0.1, 0.15) is 0 Å². The minimum atomic E-state index is -0.0183. The predicted molar refractivity (Wildman–Crippen MR) is 62.1 cm³/mol. The lowest BCUT2D eigenvalue weighted by molar-refractivity contribution is 0.461. The molecule has 3 N–H and O–H groups in total. The van der Waals surface area contributed by atoms with Crippen molar-refractivity contribution in [2.45, 2.75) is 24.4 Å². The summed E-state index contributed by atoms with van der Waals surface area (Å²) in [6.45, 7) is 0. The van der Waals surface area contributed by atoms with E-state index in [4.69, 9.17) is 5.73 Å². The molecule has 1 aliphatic rings. The monoisotopic (exact) mass is 254 g/mol. The summed E-state index contributed by atoms with van der Waals surface area (Å²) in [5, 5.41) is 3.30. The highest BCUT2D eigenvalue weighted by molar-refractivity contribution is 9.10. The molecule has 0 heterocycles. The van der Waals surface area contributed by atoms with Crippen molar-refractivity contribution in [3.8, 4) is 0 Å². The molecule has 1 unspecified atom stereocenters. The number of rotatable bonds is 3. The second kappa shape index (κ2) is 3.65. The Labute approximate surface area is 93.0 Å². The van der Waals surface area contributed by atoms with Crippen LogP contribution in [0.15, 0.2) is 28.7 Å². The molecule has 1 aromatic carbocycles. The molecule has 3 heteroatoms. The summed E-state index contributed by atoms with van der Waals surface area (Å²) in [5.41, 5.74) is 7.45. The van der Waals surface area contributed by atoms with Crippen LogP contribution in [0.1, 0.15) is 24.4 Å². The number of halogens is 1. The summed E-state index contributed by atoms with van der Waals surface area (Å²) < 4.78 is 1.11. The largest absolute Gasteiger partial charge is 0.323 e. The standard InChI is InChI=1S/C11H15BrN2/c1-14-10(11(13)5-6-11)8-3-2-4-9(12)7-8/h2-4,7,10,14H,5-6,13H2,1H3. The summed E-state index contributed by atoms with van der Waals surface area (Å²) >= 11 is 3.48. The van der Waals surface area contributed by atoms with E-state index in [0.717, 1.165) is 17.3 Å². The fourth-order valence-electron chi connectivity index (χ4n) is 1.91. The third-order valence-electron chi connectivity index (χ3n) is 2.87. The predicted octanol–water partition coefficient (Wildman–Crippen LogP) is 2.20. The van der Waals surface area contributed by atoms with Gasteiger partial charge in [0.05, 0.1) is 6.04 Å². The van der Waals surface area contributed by atoms with Gasteiger partial charge in [0, 0.05) is 10.0 Å². The normalized spacial score (nSPS) is 20.5. The van der Waals surface area contributed by atoms with Gasteiger partial charge in [-0.25, -0.2) is 0 Å². The molecule has 1 fully saturated rings. The van der Waals surface area contributed by atoms with Gasteiger partial charge in [-0.15, -0.1) is 0 Å². The maximum absolute atomic E-state index is 6.21. The topological polar surface area (TPSA) is 38.0 Å². The van der Waals surface area contributed by atoms with Crippen LogP contribution >= 0.6 is 15.9 Å². The molecule has 0 aliphatic heterocycles. The van der Waals surface area contributed by atoms with Gasteiger partial charge in [0.15, 0.2) is 0 Å². The van der Waals surface area contributed by atoms with Gasteiger partial charge in [-0.05, 0) is 37.6 Å². The highest BCUT2D eigenvalue weighted by atomic mass is 79.9. The zero-order valence-electron chi connectivity index (χ0n) is 8.26. The molecule has 14 heavy (non-hydrogen) atoms. The van der Waals surface area contributed by atoms with Crippen LogP contribution in [-0.2, 0) is 0 Å². The smallest absolute Gasteiger partial charge is 0.0500 e. The zero-order chi connectivity index (χ0) is 10.2. The average Bonchev–Trinajstić information content (AvgIpc) is 2.85. The lowest BCUT2D eigenvalue weighted by atomic mass is 9.98. The van der Waals surface area contributed by atoms with Gasteiger partial charge >= 0.3 is 0 Å². The first-order chi connectivity index (χ1) is 6.65. The Bertz CT molecular complexity index is 334. The van der Waals surface area contributed by atoms with Crippen molar-refractivity contribution in [2.75, 3.05) is 7.05 Å². The van der Waals surface area contributed by atoms with E-state index in [1.807, 2.05) is 13.1 Å². The van der Waals surface area contributed by atoms with Crippen molar-refractivity contribution < 1.29 is 0 Å². The minimum Gasteiger partial charge on any atom is -0.323 e. The minimum absolute atomic E-state index is 0.0183. The van der Waals surface area contributed by atoms with Crippen molar-refractivity contribution in [3.05, 3.63) is 34.3 Å². The van der Waals surface area contributed by atoms with Crippen molar-refractivity contribution in [1.29, 1.82) is 0 Å². The van der Waals surface area contributed by atoms with Crippen LogP contribution < -0.4 is 11.1 Å². The van der Waals surface area contributed by atoms with E-state index in [2.05, 4.69) is 39.4 Å². The number of benzene rings is 1. The summed E-state index contributed by atoms with van der Waals surface area (Å²) in [7, 11) is 1.97. The molecule has 0 aromatic heterocycles. The molecular formula is C11H15BrN2. The van der Waals surface area contributed by atoms with E-state index < -0.39 is 0 Å². The number of hydrogen-bond donors (Lipinski definition) is 2. The second-order valence-electron chi connectivity index (χ2n) is 4.01. The van der Waals surface area contributed by atoms with E-state index in [0.29, 0.717) is 0 Å². The van der Waals surface area contributed by atoms with Gasteiger partial charge in [0.2, 0.25) is 0 Å². The fraction of sp³-hybridized carbons (Fsp3) is 0.455. The first kappa shape index (κ1) is 10.1. The fourth-order valence-corrected chi connectivity index (χ4v) is 2.32. The van der Waals surface area contributed by atoms with Gasteiger partial charge < -0.3 is 11.1 Å². The second-order valence-corrected chi connectivity index (χ2v) is 4.93. The first-order valence-corrected chi connectivity index (χ1v) is 5.67. The van der Waals surface area contributed by atoms with Crippen LogP contribution in [0.2, 0.25) is 0 Å². The van der Waals surface area contributed by atoms with Gasteiger partial charge in [-0.2, -0.15) is 0 Å². The van der Waals surface area contributed by atoms with Crippen molar-refractivity contribution >= 4 is 15.9 Å². The Morgan fingerprint density at radius 1 is 1.50 bits per heavy atom. The third-order valence-corrected chi connectivity index (χ3v) is 3.37.